The first-order valence-corrected chi connectivity index (χ1v) is 7.47. The van der Waals surface area contributed by atoms with Crippen molar-refractivity contribution in [1.29, 1.82) is 0 Å². The second-order valence-electron chi connectivity index (χ2n) is 5.87. The van der Waals surface area contributed by atoms with Gasteiger partial charge in [-0.15, -0.1) is 7.05 Å². The lowest BCUT2D eigenvalue weighted by molar-refractivity contribution is -0.855. The number of carbonyl (C=O) groups is 2. The topological polar surface area (TPSA) is 55.4 Å². The number of benzene rings is 1. The Hall–Kier alpha value is -1.88. The van der Waals surface area contributed by atoms with Crippen molar-refractivity contribution in [1.82, 2.24) is 0 Å². The van der Waals surface area contributed by atoms with E-state index < -0.39 is 5.97 Å². The molecule has 1 amide bonds. The normalized spacial score (nSPS) is 13.4. The van der Waals surface area contributed by atoms with Gasteiger partial charge in [-0.2, -0.15) is 0 Å². The van der Waals surface area contributed by atoms with Crippen LogP contribution in [-0.4, -0.2) is 43.1 Å². The van der Waals surface area contributed by atoms with Gasteiger partial charge >= 0.3 is 5.97 Å². The smallest absolute Gasteiger partial charge is 0.340 e. The molecule has 0 aromatic heterocycles. The first-order valence-electron chi connectivity index (χ1n) is 7.47. The van der Waals surface area contributed by atoms with Crippen molar-refractivity contribution < 1.29 is 18.8 Å². The minimum absolute atomic E-state index is 0.170. The number of quaternary nitrogens is 1. The zero-order valence-electron chi connectivity index (χ0n) is 14.2. The van der Waals surface area contributed by atoms with Crippen molar-refractivity contribution >= 4 is 17.6 Å². The summed E-state index contributed by atoms with van der Waals surface area (Å²) in [5, 5.41) is 2.84. The Morgan fingerprint density at radius 2 is 1.91 bits per heavy atom. The van der Waals surface area contributed by atoms with E-state index in [1.807, 2.05) is 33.9 Å². The number of aryl methyl sites for hydroxylation is 2. The third kappa shape index (κ3) is 4.84. The van der Waals surface area contributed by atoms with Crippen molar-refractivity contribution in [2.24, 2.45) is 0 Å². The minimum atomic E-state index is -0.424. The maximum Gasteiger partial charge on any atom is 0.340 e. The highest BCUT2D eigenvalue weighted by Gasteiger charge is 2.19. The van der Waals surface area contributed by atoms with Gasteiger partial charge in [0.1, 0.15) is 6.54 Å². The molecule has 1 atom stereocenters. The van der Waals surface area contributed by atoms with Gasteiger partial charge < -0.3 is 14.5 Å². The third-order valence-electron chi connectivity index (χ3n) is 3.53. The van der Waals surface area contributed by atoms with Gasteiger partial charge in [0.15, 0.2) is 0 Å². The second-order valence-corrected chi connectivity index (χ2v) is 5.87. The molecular formula is C17H26N2O3. The van der Waals surface area contributed by atoms with E-state index in [0.717, 1.165) is 17.7 Å². The monoisotopic (exact) mass is 306 g/mol. The first kappa shape index (κ1) is 18.2. The molecule has 0 radical (unpaired) electrons. The number of carbonyl (C=O) groups excluding carboxylic acids is 2. The summed E-state index contributed by atoms with van der Waals surface area (Å²) >= 11 is 0. The fourth-order valence-electron chi connectivity index (χ4n) is 2.14. The number of ether oxygens (including phenoxy) is 1. The molecule has 1 aromatic carbocycles. The fourth-order valence-corrected chi connectivity index (χ4v) is 2.14. The highest BCUT2D eigenvalue weighted by molar-refractivity contribution is 6.02. The number of hydrogen-bond donors (Lipinski definition) is 1. The van der Waals surface area contributed by atoms with Crippen molar-refractivity contribution in [3.63, 3.8) is 0 Å². The standard InChI is InChI=1S/C17H26N2O3/c1-7-19(5,6)11-15(20)18-16-13(4)9-12(3)10-14(16)17(21)22-8-2/h9-10H,5,7-8,11H2,1-4,6H3,(H,18,20). The van der Waals surface area contributed by atoms with Crippen molar-refractivity contribution in [2.75, 3.05) is 32.1 Å². The number of nitrogens with zero attached hydrogens (tertiary/aromatic N) is 1. The van der Waals surface area contributed by atoms with Gasteiger partial charge in [0.2, 0.25) is 0 Å². The molecule has 0 aliphatic heterocycles. The molecule has 0 aliphatic rings. The molecule has 5 nitrogen and oxygen atoms in total. The SMILES string of the molecule is [CH2-][N+](C)(CC)CC(=O)Nc1c(C)cc(C)cc1C(=O)OCC. The first-order chi connectivity index (χ1) is 10.2. The predicted molar refractivity (Wildman–Crippen MR) is 87.5 cm³/mol. The predicted octanol–water partition coefficient (Wildman–Crippen LogP) is 2.68. The van der Waals surface area contributed by atoms with Crippen LogP contribution in [0.4, 0.5) is 5.69 Å². The molecule has 1 N–H and O–H groups in total. The lowest BCUT2D eigenvalue weighted by atomic mass is 10.0. The Labute approximate surface area is 132 Å². The Morgan fingerprint density at radius 3 is 2.45 bits per heavy atom. The van der Waals surface area contributed by atoms with E-state index in [1.165, 1.54) is 0 Å². The zero-order chi connectivity index (χ0) is 16.9. The molecule has 0 saturated carbocycles. The van der Waals surface area contributed by atoms with Crippen LogP contribution in [0.3, 0.4) is 0 Å². The summed E-state index contributed by atoms with van der Waals surface area (Å²) < 4.78 is 5.41. The van der Waals surface area contributed by atoms with E-state index >= 15 is 0 Å². The maximum absolute atomic E-state index is 12.2. The van der Waals surface area contributed by atoms with E-state index in [-0.39, 0.29) is 12.5 Å². The second kappa shape index (κ2) is 7.40. The molecule has 0 bridgehead atoms. The molecule has 1 rings (SSSR count). The Kier molecular flexibility index (Phi) is 6.11. The number of amides is 1. The summed E-state index contributed by atoms with van der Waals surface area (Å²) in [7, 11) is 5.86. The Balaban J connectivity index is 3.08. The summed E-state index contributed by atoms with van der Waals surface area (Å²) in [5.41, 5.74) is 2.70. The molecular weight excluding hydrogens is 280 g/mol. The van der Waals surface area contributed by atoms with Gasteiger partial charge in [-0.1, -0.05) is 6.07 Å². The lowest BCUT2D eigenvalue weighted by Gasteiger charge is -2.35. The molecule has 22 heavy (non-hydrogen) atoms. The molecule has 0 spiro atoms. The number of nitrogens with one attached hydrogen (secondary N) is 1. The maximum atomic E-state index is 12.2. The third-order valence-corrected chi connectivity index (χ3v) is 3.53. The van der Waals surface area contributed by atoms with E-state index in [9.17, 15) is 9.59 Å². The Morgan fingerprint density at radius 1 is 1.27 bits per heavy atom. The largest absolute Gasteiger partial charge is 0.462 e. The van der Waals surface area contributed by atoms with Crippen LogP contribution in [0.25, 0.3) is 0 Å². The van der Waals surface area contributed by atoms with Crippen LogP contribution in [0.1, 0.15) is 35.3 Å². The van der Waals surface area contributed by atoms with E-state index in [4.69, 9.17) is 4.74 Å². The van der Waals surface area contributed by atoms with Gasteiger partial charge in [0, 0.05) is 7.05 Å². The molecule has 0 saturated heterocycles. The summed E-state index contributed by atoms with van der Waals surface area (Å²) in [5.74, 6) is -0.594. The molecule has 0 fully saturated rings. The minimum Gasteiger partial charge on any atom is -0.462 e. The quantitative estimate of drug-likeness (QED) is 0.499. The number of hydrogen-bond acceptors (Lipinski definition) is 3. The average Bonchev–Trinajstić information content (AvgIpc) is 2.41. The van der Waals surface area contributed by atoms with E-state index in [0.29, 0.717) is 22.3 Å². The highest BCUT2D eigenvalue weighted by atomic mass is 16.5. The zero-order valence-corrected chi connectivity index (χ0v) is 14.2. The van der Waals surface area contributed by atoms with Crippen LogP contribution in [-0.2, 0) is 9.53 Å². The van der Waals surface area contributed by atoms with E-state index in [1.54, 1.807) is 13.0 Å². The van der Waals surface area contributed by atoms with Crippen LogP contribution in [0.5, 0.6) is 0 Å². The van der Waals surface area contributed by atoms with E-state index in [2.05, 4.69) is 12.4 Å². The van der Waals surface area contributed by atoms with Crippen LogP contribution in [0, 0.1) is 20.9 Å². The molecule has 0 aliphatic carbocycles. The molecule has 1 aromatic rings. The van der Waals surface area contributed by atoms with Gasteiger partial charge in [0.05, 0.1) is 24.4 Å². The fraction of sp³-hybridized carbons (Fsp3) is 0.471. The van der Waals surface area contributed by atoms with Gasteiger partial charge in [-0.05, 0) is 44.9 Å². The summed E-state index contributed by atoms with van der Waals surface area (Å²) in [6.45, 7) is 8.78. The highest BCUT2D eigenvalue weighted by Crippen LogP contribution is 2.24. The molecule has 122 valence electrons. The van der Waals surface area contributed by atoms with Crippen LogP contribution < -0.4 is 5.32 Å². The van der Waals surface area contributed by atoms with Crippen molar-refractivity contribution in [3.8, 4) is 0 Å². The summed E-state index contributed by atoms with van der Waals surface area (Å²) in [6, 6.07) is 3.66. The van der Waals surface area contributed by atoms with Crippen molar-refractivity contribution in [2.45, 2.75) is 27.7 Å². The summed E-state index contributed by atoms with van der Waals surface area (Å²) in [4.78, 5) is 24.3. The van der Waals surface area contributed by atoms with Crippen molar-refractivity contribution in [3.05, 3.63) is 35.9 Å². The van der Waals surface area contributed by atoms with Gasteiger partial charge in [-0.3, -0.25) is 4.79 Å². The Bertz CT molecular complexity index is 565. The molecule has 5 heteroatoms. The van der Waals surface area contributed by atoms with Crippen LogP contribution in [0.15, 0.2) is 12.1 Å². The number of rotatable bonds is 6. The van der Waals surface area contributed by atoms with Crippen LogP contribution >= 0.6 is 0 Å². The number of likely N-dealkylation sites (N-methyl/N-ethyl adjacent to an activating group) is 1. The average molecular weight is 306 g/mol. The van der Waals surface area contributed by atoms with Gasteiger partial charge in [-0.25, -0.2) is 4.79 Å². The van der Waals surface area contributed by atoms with Crippen LogP contribution in [0.2, 0.25) is 0 Å². The number of esters is 1. The van der Waals surface area contributed by atoms with Gasteiger partial charge in [0.25, 0.3) is 5.91 Å². The number of anilines is 1. The molecule has 0 heterocycles. The summed E-state index contributed by atoms with van der Waals surface area (Å²) in [6.07, 6.45) is 0. The lowest BCUT2D eigenvalue weighted by Crippen LogP contribution is -2.43. The molecule has 1 unspecified atom stereocenters.